The average molecular weight is 449 g/mol. The summed E-state index contributed by atoms with van der Waals surface area (Å²) in [5.41, 5.74) is 0.124. The van der Waals surface area contributed by atoms with Crippen LogP contribution >= 0.6 is 0 Å². The van der Waals surface area contributed by atoms with Gasteiger partial charge in [0.1, 0.15) is 11.5 Å². The van der Waals surface area contributed by atoms with Gasteiger partial charge in [-0.05, 0) is 47.5 Å². The first-order chi connectivity index (χ1) is 16.0. The highest BCUT2D eigenvalue weighted by atomic mass is 16.7. The molecule has 3 aromatic rings. The Balaban J connectivity index is 1.56. The smallest absolute Gasteiger partial charge is 0.413 e. The molecule has 2 aliphatic rings. The molecule has 33 heavy (non-hydrogen) atoms. The van der Waals surface area contributed by atoms with Gasteiger partial charge in [-0.25, -0.2) is 4.79 Å². The number of hydrogen-bond acceptors (Lipinski definition) is 7. The van der Waals surface area contributed by atoms with Gasteiger partial charge in [-0.2, -0.15) is 0 Å². The van der Waals surface area contributed by atoms with Crippen LogP contribution in [0.4, 0.5) is 4.79 Å². The second-order valence-electron chi connectivity index (χ2n) is 7.77. The third kappa shape index (κ3) is 3.58. The highest BCUT2D eigenvalue weighted by molar-refractivity contribution is 5.72. The summed E-state index contributed by atoms with van der Waals surface area (Å²) in [7, 11) is 3.14. The maximum atomic E-state index is 13.1. The Morgan fingerprint density at radius 1 is 0.939 bits per heavy atom. The summed E-state index contributed by atoms with van der Waals surface area (Å²) in [5.74, 6) is 2.54. The number of rotatable bonds is 6. The zero-order valence-electron chi connectivity index (χ0n) is 18.2. The zero-order chi connectivity index (χ0) is 23.0. The van der Waals surface area contributed by atoms with Gasteiger partial charge in [0.05, 0.1) is 20.8 Å². The molecule has 1 saturated heterocycles. The summed E-state index contributed by atoms with van der Waals surface area (Å²) in [4.78, 5) is 14.4. The summed E-state index contributed by atoms with van der Waals surface area (Å²) in [6.07, 6.45) is -1.59. The molecule has 0 radical (unpaired) electrons. The van der Waals surface area contributed by atoms with Gasteiger partial charge in [0, 0.05) is 5.56 Å². The summed E-state index contributed by atoms with van der Waals surface area (Å²) in [5, 5.41) is 12.1. The first-order valence-electron chi connectivity index (χ1n) is 10.4. The summed E-state index contributed by atoms with van der Waals surface area (Å²) < 4.78 is 27.1. The van der Waals surface area contributed by atoms with Crippen LogP contribution in [0.25, 0.3) is 0 Å². The van der Waals surface area contributed by atoms with Crippen LogP contribution in [-0.4, -0.2) is 37.1 Å². The first kappa shape index (κ1) is 21.0. The van der Waals surface area contributed by atoms with Gasteiger partial charge in [0.2, 0.25) is 12.5 Å². The van der Waals surface area contributed by atoms with E-state index in [2.05, 4.69) is 0 Å². The molecule has 8 nitrogen and oxygen atoms in total. The molecule has 5 rings (SSSR count). The minimum Gasteiger partial charge on any atom is -0.497 e. The van der Waals surface area contributed by atoms with Gasteiger partial charge in [-0.3, -0.25) is 4.90 Å². The lowest BCUT2D eigenvalue weighted by Crippen LogP contribution is -2.45. The molecular formula is C25H23NO7. The van der Waals surface area contributed by atoms with Crippen LogP contribution in [0.5, 0.6) is 23.0 Å². The molecule has 1 N–H and O–H groups in total. The van der Waals surface area contributed by atoms with Crippen molar-refractivity contribution in [1.82, 2.24) is 4.90 Å². The molecule has 0 unspecified atom stereocenters. The SMILES string of the molecule is COc1ccc([C@H]2OC(=O)N(Cc3ccc4c(c3)OCO4)[C@@]2(O)c2ccc(OC)cc2)cc1. The third-order valence-electron chi connectivity index (χ3n) is 5.93. The summed E-state index contributed by atoms with van der Waals surface area (Å²) >= 11 is 0. The molecule has 2 aliphatic heterocycles. The van der Waals surface area contributed by atoms with E-state index in [0.29, 0.717) is 34.1 Å². The van der Waals surface area contributed by atoms with Crippen LogP contribution in [0, 0.1) is 0 Å². The van der Waals surface area contributed by atoms with Gasteiger partial charge in [0.15, 0.2) is 17.6 Å². The molecule has 0 aromatic heterocycles. The number of fused-ring (bicyclic) bond motifs is 1. The monoisotopic (exact) mass is 449 g/mol. The molecule has 0 bridgehead atoms. The van der Waals surface area contributed by atoms with E-state index in [0.717, 1.165) is 5.56 Å². The number of benzene rings is 3. The van der Waals surface area contributed by atoms with Crippen LogP contribution in [0.3, 0.4) is 0 Å². The molecular weight excluding hydrogens is 426 g/mol. The minimum absolute atomic E-state index is 0.102. The molecule has 0 saturated carbocycles. The van der Waals surface area contributed by atoms with Crippen molar-refractivity contribution in [3.05, 3.63) is 83.4 Å². The fourth-order valence-corrected chi connectivity index (χ4v) is 4.16. The molecule has 1 amide bonds. The average Bonchev–Trinajstić information content (AvgIpc) is 3.42. The number of carbonyl (C=O) groups is 1. The molecule has 3 aromatic carbocycles. The van der Waals surface area contributed by atoms with E-state index in [-0.39, 0.29) is 13.3 Å². The van der Waals surface area contributed by atoms with Crippen LogP contribution in [0.2, 0.25) is 0 Å². The number of nitrogens with zero attached hydrogens (tertiary/aromatic N) is 1. The van der Waals surface area contributed by atoms with E-state index in [1.807, 2.05) is 6.07 Å². The first-order valence-corrected chi connectivity index (χ1v) is 10.4. The summed E-state index contributed by atoms with van der Waals surface area (Å²) in [6.45, 7) is 0.254. The van der Waals surface area contributed by atoms with Crippen molar-refractivity contribution in [1.29, 1.82) is 0 Å². The Hall–Kier alpha value is -3.91. The quantitative estimate of drug-likeness (QED) is 0.609. The number of hydrogen-bond donors (Lipinski definition) is 1. The highest BCUT2D eigenvalue weighted by Gasteiger charge is 2.56. The number of methoxy groups -OCH3 is 2. The summed E-state index contributed by atoms with van der Waals surface area (Å²) in [6, 6.07) is 19.4. The van der Waals surface area contributed by atoms with Crippen LogP contribution in [-0.2, 0) is 17.0 Å². The van der Waals surface area contributed by atoms with E-state index in [1.54, 1.807) is 74.9 Å². The van der Waals surface area contributed by atoms with Crippen LogP contribution < -0.4 is 18.9 Å². The van der Waals surface area contributed by atoms with Crippen molar-refractivity contribution in [2.75, 3.05) is 21.0 Å². The van der Waals surface area contributed by atoms with E-state index in [4.69, 9.17) is 23.7 Å². The van der Waals surface area contributed by atoms with Crippen LogP contribution in [0.15, 0.2) is 66.7 Å². The number of carbonyl (C=O) groups excluding carboxylic acids is 1. The van der Waals surface area contributed by atoms with Crippen molar-refractivity contribution >= 4 is 6.09 Å². The van der Waals surface area contributed by atoms with Crippen molar-refractivity contribution in [3.8, 4) is 23.0 Å². The molecule has 170 valence electrons. The van der Waals surface area contributed by atoms with Gasteiger partial charge < -0.3 is 28.8 Å². The third-order valence-corrected chi connectivity index (χ3v) is 5.93. The fourth-order valence-electron chi connectivity index (χ4n) is 4.16. The van der Waals surface area contributed by atoms with Gasteiger partial charge in [-0.15, -0.1) is 0 Å². The van der Waals surface area contributed by atoms with Gasteiger partial charge >= 0.3 is 6.09 Å². The Labute approximate surface area is 190 Å². The lowest BCUT2D eigenvalue weighted by molar-refractivity contribution is -0.113. The number of amides is 1. The molecule has 8 heteroatoms. The predicted molar refractivity (Wildman–Crippen MR) is 117 cm³/mol. The van der Waals surface area contributed by atoms with Crippen molar-refractivity contribution in [2.24, 2.45) is 0 Å². The largest absolute Gasteiger partial charge is 0.497 e. The maximum Gasteiger partial charge on any atom is 0.413 e. The van der Waals surface area contributed by atoms with E-state index < -0.39 is 17.9 Å². The predicted octanol–water partition coefficient (Wildman–Crippen LogP) is 3.97. The van der Waals surface area contributed by atoms with Crippen LogP contribution in [0.1, 0.15) is 22.8 Å². The Bertz CT molecular complexity index is 1160. The Morgan fingerprint density at radius 3 is 2.24 bits per heavy atom. The standard InChI is InChI=1S/C25H23NO7/c1-29-19-8-4-17(5-9-19)23-25(28,18-6-10-20(30-2)11-7-18)26(24(27)33-23)14-16-3-12-21-22(13-16)32-15-31-21/h3-13,23,28H,14-15H2,1-2H3/t23-,25-/m1/s1. The number of cyclic esters (lactones) is 1. The minimum atomic E-state index is -1.77. The van der Waals surface area contributed by atoms with E-state index >= 15 is 0 Å². The molecule has 0 spiro atoms. The normalized spacial score (nSPS) is 21.1. The topological polar surface area (TPSA) is 86.7 Å². The molecule has 2 atom stereocenters. The lowest BCUT2D eigenvalue weighted by atomic mass is 9.90. The van der Waals surface area contributed by atoms with Crippen molar-refractivity contribution in [2.45, 2.75) is 18.4 Å². The van der Waals surface area contributed by atoms with E-state index in [1.165, 1.54) is 4.90 Å². The fraction of sp³-hybridized carbons (Fsp3) is 0.240. The van der Waals surface area contributed by atoms with E-state index in [9.17, 15) is 9.90 Å². The molecule has 0 aliphatic carbocycles. The highest BCUT2D eigenvalue weighted by Crippen LogP contribution is 2.48. The van der Waals surface area contributed by atoms with Gasteiger partial charge in [-0.1, -0.05) is 30.3 Å². The Kier molecular flexibility index (Phi) is 5.22. The second-order valence-corrected chi connectivity index (χ2v) is 7.77. The Morgan fingerprint density at radius 2 is 1.58 bits per heavy atom. The molecule has 1 fully saturated rings. The maximum absolute atomic E-state index is 13.1. The molecule has 2 heterocycles. The second kappa shape index (κ2) is 8.22. The lowest BCUT2D eigenvalue weighted by Gasteiger charge is -2.35. The number of ether oxygens (including phenoxy) is 5. The van der Waals surface area contributed by atoms with Gasteiger partial charge in [0.25, 0.3) is 0 Å². The zero-order valence-corrected chi connectivity index (χ0v) is 18.2. The van der Waals surface area contributed by atoms with Crippen molar-refractivity contribution < 1.29 is 33.6 Å². The van der Waals surface area contributed by atoms with Crippen molar-refractivity contribution in [3.63, 3.8) is 0 Å². The number of aliphatic hydroxyl groups is 1.